The lowest BCUT2D eigenvalue weighted by molar-refractivity contribution is 0.201. The fourth-order valence-electron chi connectivity index (χ4n) is 2.41. The molecule has 0 bridgehead atoms. The lowest BCUT2D eigenvalue weighted by Crippen LogP contribution is -2.37. The summed E-state index contributed by atoms with van der Waals surface area (Å²) in [6.07, 6.45) is 3.83. The highest BCUT2D eigenvalue weighted by Crippen LogP contribution is 2.25. The average Bonchev–Trinajstić information content (AvgIpc) is 2.85. The van der Waals surface area contributed by atoms with Gasteiger partial charge < -0.3 is 4.90 Å². The van der Waals surface area contributed by atoms with Crippen LogP contribution in [0, 0.1) is 5.92 Å². The van der Waals surface area contributed by atoms with Crippen LogP contribution in [0.3, 0.4) is 0 Å². The van der Waals surface area contributed by atoms with Crippen molar-refractivity contribution in [3.63, 3.8) is 0 Å². The Morgan fingerprint density at radius 3 is 2.65 bits per heavy atom. The van der Waals surface area contributed by atoms with Gasteiger partial charge in [-0.2, -0.15) is 0 Å². The van der Waals surface area contributed by atoms with Crippen LogP contribution >= 0.6 is 22.9 Å². The standard InChI is InChI=1S/C13H21ClN2O2S2/c1-11(10-16-7-3-2-4-8-16)9-15-20(17,18)13-6-5-12(14)19-13/h5-6,11,15H,2-4,7-10H2,1H3. The molecule has 20 heavy (non-hydrogen) atoms. The number of rotatable bonds is 6. The number of hydrogen-bond donors (Lipinski definition) is 1. The summed E-state index contributed by atoms with van der Waals surface area (Å²) < 4.78 is 27.6. The molecule has 1 aromatic rings. The minimum atomic E-state index is -3.41. The summed E-state index contributed by atoms with van der Waals surface area (Å²) in [5, 5.41) is 0. The maximum atomic E-state index is 12.1. The molecule has 2 heterocycles. The van der Waals surface area contributed by atoms with Gasteiger partial charge >= 0.3 is 0 Å². The number of thiophene rings is 1. The van der Waals surface area contributed by atoms with E-state index in [1.165, 1.54) is 19.3 Å². The molecule has 0 amide bonds. The van der Waals surface area contributed by atoms with Crippen molar-refractivity contribution in [2.24, 2.45) is 5.92 Å². The second-order valence-electron chi connectivity index (χ2n) is 5.38. The Kier molecular flexibility index (Phi) is 5.86. The number of nitrogens with zero attached hydrogens (tertiary/aromatic N) is 1. The van der Waals surface area contributed by atoms with Crippen LogP contribution in [0.1, 0.15) is 26.2 Å². The van der Waals surface area contributed by atoms with E-state index < -0.39 is 10.0 Å². The number of piperidine rings is 1. The summed E-state index contributed by atoms with van der Waals surface area (Å²) in [5.41, 5.74) is 0. The first-order chi connectivity index (χ1) is 9.47. The van der Waals surface area contributed by atoms with E-state index in [1.54, 1.807) is 12.1 Å². The Bertz CT molecular complexity index is 524. The van der Waals surface area contributed by atoms with Crippen molar-refractivity contribution in [3.8, 4) is 0 Å². The number of halogens is 1. The third-order valence-electron chi connectivity index (χ3n) is 3.45. The number of sulfonamides is 1. The second kappa shape index (κ2) is 7.22. The van der Waals surface area contributed by atoms with E-state index in [2.05, 4.69) is 16.5 Å². The Hall–Kier alpha value is -0.140. The third-order valence-corrected chi connectivity index (χ3v) is 6.60. The van der Waals surface area contributed by atoms with Crippen LogP contribution in [0.4, 0.5) is 0 Å². The molecule has 1 aromatic heterocycles. The van der Waals surface area contributed by atoms with E-state index in [4.69, 9.17) is 11.6 Å². The molecule has 2 rings (SSSR count). The highest BCUT2D eigenvalue weighted by atomic mass is 35.5. The lowest BCUT2D eigenvalue weighted by atomic mass is 10.1. The summed E-state index contributed by atoms with van der Waals surface area (Å²) >= 11 is 6.86. The highest BCUT2D eigenvalue weighted by molar-refractivity contribution is 7.91. The fraction of sp³-hybridized carbons (Fsp3) is 0.692. The largest absolute Gasteiger partial charge is 0.303 e. The van der Waals surface area contributed by atoms with E-state index in [-0.39, 0.29) is 4.21 Å². The van der Waals surface area contributed by atoms with Crippen molar-refractivity contribution in [1.82, 2.24) is 9.62 Å². The highest BCUT2D eigenvalue weighted by Gasteiger charge is 2.19. The van der Waals surface area contributed by atoms with Gasteiger partial charge in [-0.3, -0.25) is 0 Å². The van der Waals surface area contributed by atoms with Gasteiger partial charge in [0.05, 0.1) is 4.34 Å². The van der Waals surface area contributed by atoms with Crippen LogP contribution in [-0.2, 0) is 10.0 Å². The van der Waals surface area contributed by atoms with Gasteiger partial charge in [0, 0.05) is 13.1 Å². The minimum absolute atomic E-state index is 0.285. The molecule has 1 fully saturated rings. The molecule has 1 N–H and O–H groups in total. The van der Waals surface area contributed by atoms with E-state index in [0.717, 1.165) is 31.0 Å². The Balaban J connectivity index is 1.81. The van der Waals surface area contributed by atoms with Crippen molar-refractivity contribution in [1.29, 1.82) is 0 Å². The van der Waals surface area contributed by atoms with Gasteiger partial charge in [0.25, 0.3) is 0 Å². The monoisotopic (exact) mass is 336 g/mol. The van der Waals surface area contributed by atoms with Crippen LogP contribution in [-0.4, -0.2) is 39.5 Å². The van der Waals surface area contributed by atoms with E-state index in [0.29, 0.717) is 16.8 Å². The molecule has 1 aliphatic heterocycles. The van der Waals surface area contributed by atoms with Crippen molar-refractivity contribution in [2.45, 2.75) is 30.4 Å². The molecule has 1 saturated heterocycles. The summed E-state index contributed by atoms with van der Waals surface area (Å²) in [6.45, 7) is 5.77. The van der Waals surface area contributed by atoms with Crippen LogP contribution in [0.15, 0.2) is 16.3 Å². The first kappa shape index (κ1) is 16.2. The van der Waals surface area contributed by atoms with Crippen LogP contribution in [0.2, 0.25) is 4.34 Å². The quantitative estimate of drug-likeness (QED) is 0.869. The summed E-state index contributed by atoms with van der Waals surface area (Å²) in [5.74, 6) is 0.304. The molecule has 4 nitrogen and oxygen atoms in total. The van der Waals surface area contributed by atoms with E-state index in [1.807, 2.05) is 0 Å². The van der Waals surface area contributed by atoms with Gasteiger partial charge in [-0.15, -0.1) is 11.3 Å². The zero-order chi connectivity index (χ0) is 14.6. The van der Waals surface area contributed by atoms with Gasteiger partial charge in [-0.05, 0) is 44.0 Å². The van der Waals surface area contributed by atoms with Gasteiger partial charge in [0.1, 0.15) is 4.21 Å². The van der Waals surface area contributed by atoms with Gasteiger partial charge in [-0.1, -0.05) is 24.9 Å². The number of nitrogens with one attached hydrogen (secondary N) is 1. The van der Waals surface area contributed by atoms with Gasteiger partial charge in [0.2, 0.25) is 10.0 Å². The first-order valence-corrected chi connectivity index (χ1v) is 9.62. The molecule has 0 spiro atoms. The summed E-state index contributed by atoms with van der Waals surface area (Å²) in [7, 11) is -3.41. The van der Waals surface area contributed by atoms with Crippen molar-refractivity contribution < 1.29 is 8.42 Å². The Morgan fingerprint density at radius 1 is 1.35 bits per heavy atom. The molecule has 7 heteroatoms. The summed E-state index contributed by atoms with van der Waals surface area (Å²) in [4.78, 5) is 2.42. The SMILES string of the molecule is CC(CNS(=O)(=O)c1ccc(Cl)s1)CN1CCCCC1. The normalized spacial score (nSPS) is 19.1. The minimum Gasteiger partial charge on any atom is -0.303 e. The topological polar surface area (TPSA) is 49.4 Å². The lowest BCUT2D eigenvalue weighted by Gasteiger charge is -2.29. The zero-order valence-electron chi connectivity index (χ0n) is 11.6. The first-order valence-electron chi connectivity index (χ1n) is 6.95. The predicted molar refractivity (Wildman–Crippen MR) is 84.0 cm³/mol. The van der Waals surface area contributed by atoms with Gasteiger partial charge in [-0.25, -0.2) is 13.1 Å². The van der Waals surface area contributed by atoms with Crippen LogP contribution in [0.25, 0.3) is 0 Å². The molecular weight excluding hydrogens is 316 g/mol. The zero-order valence-corrected chi connectivity index (χ0v) is 14.0. The molecule has 0 aliphatic carbocycles. The number of hydrogen-bond acceptors (Lipinski definition) is 4. The molecule has 0 aromatic carbocycles. The van der Waals surface area contributed by atoms with Crippen molar-refractivity contribution in [2.75, 3.05) is 26.2 Å². The predicted octanol–water partition coefficient (Wildman–Crippen LogP) is 2.80. The third kappa shape index (κ3) is 4.70. The molecule has 0 radical (unpaired) electrons. The van der Waals surface area contributed by atoms with Crippen molar-refractivity contribution >= 4 is 33.0 Å². The van der Waals surface area contributed by atoms with Crippen LogP contribution < -0.4 is 4.72 Å². The molecule has 1 aliphatic rings. The maximum Gasteiger partial charge on any atom is 0.250 e. The summed E-state index contributed by atoms with van der Waals surface area (Å²) in [6, 6.07) is 3.16. The smallest absolute Gasteiger partial charge is 0.250 e. The van der Waals surface area contributed by atoms with E-state index in [9.17, 15) is 8.42 Å². The van der Waals surface area contributed by atoms with Crippen LogP contribution in [0.5, 0.6) is 0 Å². The Labute approximate surface area is 130 Å². The fourth-order valence-corrected chi connectivity index (χ4v) is 5.10. The van der Waals surface area contributed by atoms with Gasteiger partial charge in [0.15, 0.2) is 0 Å². The van der Waals surface area contributed by atoms with E-state index >= 15 is 0 Å². The number of likely N-dealkylation sites (tertiary alicyclic amines) is 1. The molecule has 1 unspecified atom stereocenters. The second-order valence-corrected chi connectivity index (χ2v) is 9.09. The maximum absolute atomic E-state index is 12.1. The molecule has 1 atom stereocenters. The molecular formula is C13H21ClN2O2S2. The van der Waals surface area contributed by atoms with Crippen molar-refractivity contribution in [3.05, 3.63) is 16.5 Å². The Morgan fingerprint density at radius 2 is 2.05 bits per heavy atom. The molecule has 114 valence electrons. The molecule has 0 saturated carbocycles. The average molecular weight is 337 g/mol.